The van der Waals surface area contributed by atoms with E-state index in [2.05, 4.69) is 11.6 Å². The molecule has 17 heavy (non-hydrogen) atoms. The molecule has 2 heterocycles. The van der Waals surface area contributed by atoms with Crippen molar-refractivity contribution in [1.29, 1.82) is 0 Å². The van der Waals surface area contributed by atoms with E-state index in [9.17, 15) is 9.59 Å². The number of ketones is 1. The van der Waals surface area contributed by atoms with Crippen LogP contribution >= 0.6 is 0 Å². The molecule has 1 unspecified atom stereocenters. The zero-order valence-electron chi connectivity index (χ0n) is 9.72. The predicted molar refractivity (Wildman–Crippen MR) is 66.8 cm³/mol. The molecular weight excluding hydrogens is 215 g/mol. The normalized spacial score (nSPS) is 19.4. The van der Waals surface area contributed by atoms with Gasteiger partial charge in [-0.1, -0.05) is 18.1 Å². The molecule has 5 heteroatoms. The van der Waals surface area contributed by atoms with Gasteiger partial charge in [0.1, 0.15) is 19.5 Å². The minimum absolute atomic E-state index is 0.174. The molecule has 1 aromatic heterocycles. The third kappa shape index (κ3) is 2.13. The summed E-state index contributed by atoms with van der Waals surface area (Å²) >= 11 is 0. The molecule has 0 spiro atoms. The first-order chi connectivity index (χ1) is 8.13. The molecule has 86 valence electrons. The van der Waals surface area contributed by atoms with Crippen LogP contribution in [0.3, 0.4) is 0 Å². The Kier molecular flexibility index (Phi) is 3.09. The second kappa shape index (κ2) is 4.53. The van der Waals surface area contributed by atoms with Gasteiger partial charge in [0.15, 0.2) is 5.78 Å². The number of pyridine rings is 1. The van der Waals surface area contributed by atoms with Gasteiger partial charge in [0.2, 0.25) is 5.91 Å². The molecule has 1 aliphatic heterocycles. The maximum atomic E-state index is 12.1. The highest BCUT2D eigenvalue weighted by Crippen LogP contribution is 2.21. The molecule has 2 rings (SSSR count). The van der Waals surface area contributed by atoms with Crippen LogP contribution in [0.1, 0.15) is 16.9 Å². The largest absolute Gasteiger partial charge is 0.319 e. The summed E-state index contributed by atoms with van der Waals surface area (Å²) in [5.41, 5.74) is 1.35. The van der Waals surface area contributed by atoms with E-state index >= 15 is 0 Å². The molecule has 0 bridgehead atoms. The first-order valence-corrected chi connectivity index (χ1v) is 5.53. The van der Waals surface area contributed by atoms with Crippen molar-refractivity contribution < 1.29 is 9.59 Å². The van der Waals surface area contributed by atoms with Gasteiger partial charge in [-0.2, -0.15) is 0 Å². The average molecular weight is 228 g/mol. The molecule has 4 nitrogen and oxygen atoms in total. The van der Waals surface area contributed by atoms with E-state index in [4.69, 9.17) is 0 Å². The van der Waals surface area contributed by atoms with E-state index in [-0.39, 0.29) is 11.7 Å². The first kappa shape index (κ1) is 11.6. The lowest BCUT2D eigenvalue weighted by Gasteiger charge is -2.09. The van der Waals surface area contributed by atoms with Crippen molar-refractivity contribution in [2.45, 2.75) is 6.42 Å². The third-order valence-electron chi connectivity index (χ3n) is 2.94. The van der Waals surface area contributed by atoms with Gasteiger partial charge in [-0.05, 0) is 18.7 Å². The Morgan fingerprint density at radius 3 is 2.88 bits per heavy atom. The van der Waals surface area contributed by atoms with Crippen molar-refractivity contribution in [3.8, 4) is 0 Å². The van der Waals surface area contributed by atoms with Gasteiger partial charge in [-0.3, -0.25) is 14.6 Å². The van der Waals surface area contributed by atoms with E-state index in [0.717, 1.165) is 5.46 Å². The fourth-order valence-corrected chi connectivity index (χ4v) is 1.92. The Morgan fingerprint density at radius 2 is 2.35 bits per heavy atom. The minimum Gasteiger partial charge on any atom is -0.319 e. The van der Waals surface area contributed by atoms with Crippen LogP contribution in [0.4, 0.5) is 0 Å². The number of Topliss-reactive ketones (excluding diaryl/α,β-unsaturated/α-hetero) is 1. The molecule has 0 N–H and O–H groups in total. The summed E-state index contributed by atoms with van der Waals surface area (Å²) in [5.74, 6) is -0.963. The van der Waals surface area contributed by atoms with Crippen LogP contribution in [0.15, 0.2) is 31.1 Å². The topological polar surface area (TPSA) is 50.3 Å². The van der Waals surface area contributed by atoms with E-state index in [1.165, 1.54) is 11.1 Å². The number of hydrogen-bond acceptors (Lipinski definition) is 3. The van der Waals surface area contributed by atoms with Crippen LogP contribution in [-0.2, 0) is 4.79 Å². The molecule has 0 radical (unpaired) electrons. The number of carbonyl (C=O) groups is 2. The number of rotatable bonds is 3. The number of aromatic nitrogens is 1. The summed E-state index contributed by atoms with van der Waals surface area (Å²) in [6.45, 7) is 4.11. The van der Waals surface area contributed by atoms with E-state index < -0.39 is 5.92 Å². The number of amides is 1. The number of hydrogen-bond donors (Lipinski definition) is 0. The van der Waals surface area contributed by atoms with Crippen LogP contribution in [0.5, 0.6) is 0 Å². The minimum atomic E-state index is -0.594. The SMILES string of the molecule is Bc1ccc(C(=O)C2CCN(C=C)C2=O)nc1. The molecule has 1 aromatic rings. The van der Waals surface area contributed by atoms with Gasteiger partial charge in [-0.15, -0.1) is 0 Å². The van der Waals surface area contributed by atoms with E-state index in [1.807, 2.05) is 13.9 Å². The number of likely N-dealkylation sites (tertiary alicyclic amines) is 1. The molecule has 0 saturated carbocycles. The molecule has 1 saturated heterocycles. The van der Waals surface area contributed by atoms with Crippen molar-refractivity contribution in [2.75, 3.05) is 6.54 Å². The average Bonchev–Trinajstić information content (AvgIpc) is 2.70. The maximum absolute atomic E-state index is 12.1. The van der Waals surface area contributed by atoms with Crippen LogP contribution in [-0.4, -0.2) is 36.0 Å². The molecule has 1 atom stereocenters. The smallest absolute Gasteiger partial charge is 0.237 e. The van der Waals surface area contributed by atoms with Gasteiger partial charge in [0.25, 0.3) is 0 Å². The van der Waals surface area contributed by atoms with Crippen LogP contribution in [0, 0.1) is 5.92 Å². The summed E-state index contributed by atoms with van der Waals surface area (Å²) in [7, 11) is 1.90. The van der Waals surface area contributed by atoms with Crippen LogP contribution < -0.4 is 5.46 Å². The summed E-state index contributed by atoms with van der Waals surface area (Å²) < 4.78 is 0. The van der Waals surface area contributed by atoms with Gasteiger partial charge in [0.05, 0.1) is 0 Å². The van der Waals surface area contributed by atoms with Crippen molar-refractivity contribution in [3.05, 3.63) is 36.8 Å². The third-order valence-corrected chi connectivity index (χ3v) is 2.94. The van der Waals surface area contributed by atoms with Gasteiger partial charge in [-0.25, -0.2) is 0 Å². The fraction of sp³-hybridized carbons (Fsp3) is 0.250. The van der Waals surface area contributed by atoms with Gasteiger partial charge >= 0.3 is 0 Å². The molecular formula is C12H13BN2O2. The van der Waals surface area contributed by atoms with E-state index in [1.54, 1.807) is 12.3 Å². The summed E-state index contributed by atoms with van der Waals surface area (Å²) in [5, 5.41) is 0. The van der Waals surface area contributed by atoms with Crippen molar-refractivity contribution >= 4 is 25.0 Å². The second-order valence-corrected chi connectivity index (χ2v) is 4.14. The number of nitrogens with zero attached hydrogens (tertiary/aromatic N) is 2. The molecule has 1 amide bonds. The number of carbonyl (C=O) groups excluding carboxylic acids is 2. The molecule has 1 fully saturated rings. The summed E-state index contributed by atoms with van der Waals surface area (Å²) in [6, 6.07) is 3.49. The lowest BCUT2D eigenvalue weighted by atomic mass is 9.96. The Labute approximate surface area is 101 Å². The zero-order valence-corrected chi connectivity index (χ0v) is 9.72. The summed E-state index contributed by atoms with van der Waals surface area (Å²) in [6.07, 6.45) is 3.65. The molecule has 0 aromatic carbocycles. The van der Waals surface area contributed by atoms with Gasteiger partial charge in [0, 0.05) is 12.7 Å². The summed E-state index contributed by atoms with van der Waals surface area (Å²) in [4.78, 5) is 29.5. The molecule has 0 aliphatic carbocycles. The Bertz CT molecular complexity index is 470. The van der Waals surface area contributed by atoms with Crippen LogP contribution in [0.25, 0.3) is 0 Å². The second-order valence-electron chi connectivity index (χ2n) is 4.14. The lowest BCUT2D eigenvalue weighted by Crippen LogP contribution is -2.27. The van der Waals surface area contributed by atoms with Crippen molar-refractivity contribution in [3.63, 3.8) is 0 Å². The van der Waals surface area contributed by atoms with Crippen LogP contribution in [0.2, 0.25) is 0 Å². The van der Waals surface area contributed by atoms with Crippen molar-refractivity contribution in [1.82, 2.24) is 9.88 Å². The highest BCUT2D eigenvalue weighted by molar-refractivity contribution is 6.32. The van der Waals surface area contributed by atoms with Crippen molar-refractivity contribution in [2.24, 2.45) is 5.92 Å². The lowest BCUT2D eigenvalue weighted by molar-refractivity contribution is -0.127. The van der Waals surface area contributed by atoms with Gasteiger partial charge < -0.3 is 4.90 Å². The maximum Gasteiger partial charge on any atom is 0.237 e. The first-order valence-electron chi connectivity index (χ1n) is 5.53. The fourth-order valence-electron chi connectivity index (χ4n) is 1.92. The molecule has 1 aliphatic rings. The Balaban J connectivity index is 2.19. The van der Waals surface area contributed by atoms with E-state index in [0.29, 0.717) is 18.7 Å². The Morgan fingerprint density at radius 1 is 1.59 bits per heavy atom. The monoisotopic (exact) mass is 228 g/mol. The highest BCUT2D eigenvalue weighted by atomic mass is 16.2. The predicted octanol–water partition coefficient (Wildman–Crippen LogP) is -0.485. The standard InChI is InChI=1S/C12H13BN2O2/c1-2-15-6-5-9(12(15)17)11(16)10-4-3-8(13)7-14-10/h2-4,7,9H,1,5-6,13H2. The Hall–Kier alpha value is -1.91. The zero-order chi connectivity index (χ0) is 12.4. The highest BCUT2D eigenvalue weighted by Gasteiger charge is 2.36. The quantitative estimate of drug-likeness (QED) is 0.398.